The largest absolute Gasteiger partial charge is 0.494 e. The predicted molar refractivity (Wildman–Crippen MR) is 178 cm³/mol. The smallest absolute Gasteiger partial charge is 0.311 e. The molecule has 46 heavy (non-hydrogen) atoms. The Morgan fingerprint density at radius 2 is 1.72 bits per heavy atom. The van der Waals surface area contributed by atoms with E-state index in [1.54, 1.807) is 36.0 Å². The lowest BCUT2D eigenvalue weighted by Crippen LogP contribution is -2.23. The fourth-order valence-corrected chi connectivity index (χ4v) is 5.93. The van der Waals surface area contributed by atoms with Gasteiger partial charge < -0.3 is 9.47 Å². The summed E-state index contributed by atoms with van der Waals surface area (Å²) in [4.78, 5) is 29.9. The lowest BCUT2D eigenvalue weighted by Gasteiger charge is -2.06. The molecule has 0 amide bonds. The Morgan fingerprint density at radius 3 is 2.43 bits per heavy atom. The van der Waals surface area contributed by atoms with E-state index in [-0.39, 0.29) is 17.0 Å². The molecule has 0 N–H and O–H groups in total. The van der Waals surface area contributed by atoms with Gasteiger partial charge in [0, 0.05) is 29.0 Å². The number of ether oxygens (including phenoxy) is 2. The van der Waals surface area contributed by atoms with Gasteiger partial charge in [0.2, 0.25) is 4.96 Å². The van der Waals surface area contributed by atoms with Gasteiger partial charge in [0.15, 0.2) is 11.6 Å². The Labute approximate surface area is 268 Å². The minimum atomic E-state index is -0.478. The van der Waals surface area contributed by atoms with Crippen molar-refractivity contribution < 1.29 is 14.4 Å². The molecule has 0 atom stereocenters. The van der Waals surface area contributed by atoms with Gasteiger partial charge in [-0.3, -0.25) is 14.9 Å². The average Bonchev–Trinajstić information content (AvgIpc) is 3.77. The van der Waals surface area contributed by atoms with E-state index in [4.69, 9.17) is 14.6 Å². The summed E-state index contributed by atoms with van der Waals surface area (Å²) in [7, 11) is 0. The lowest BCUT2D eigenvalue weighted by molar-refractivity contribution is -0.385. The number of thiazole rings is 1. The molecule has 0 aliphatic rings. The molecule has 6 aromatic rings. The van der Waals surface area contributed by atoms with Crippen LogP contribution in [0.25, 0.3) is 39.4 Å². The SMILES string of the molecule is CCCCCCOc1ccc(-c2nc3s/c(=C\c4cn(-c5ccccc5)nc4-c4ccc(OCC)c([N+](=O)[O-])c4)c(=O)n3n2)cc1. The highest BCUT2D eigenvalue weighted by atomic mass is 32.1. The fourth-order valence-electron chi connectivity index (χ4n) is 5.03. The third-order valence-corrected chi connectivity index (χ3v) is 8.30. The standard InChI is InChI=1S/C34H32N6O5S/c1-3-5-6-10-19-45-27-16-13-23(14-17-27)32-35-34-39(37-32)33(41)30(46-34)21-25-22-38(26-11-8-7-9-12-26)36-31(25)24-15-18-29(44-4-2)28(20-24)40(42)43/h7-9,11-18,20-22H,3-6,10,19H2,1-2H3/b30-21-. The van der Waals surface area contributed by atoms with Crippen LogP contribution in [0.5, 0.6) is 11.5 Å². The number of unbranched alkanes of at least 4 members (excludes halogenated alkanes) is 3. The van der Waals surface area contributed by atoms with Gasteiger partial charge in [-0.05, 0) is 68.0 Å². The Bertz CT molecular complexity index is 2090. The second-order valence-corrected chi connectivity index (χ2v) is 11.6. The summed E-state index contributed by atoms with van der Waals surface area (Å²) in [6.45, 7) is 4.92. The summed E-state index contributed by atoms with van der Waals surface area (Å²) in [5.41, 5.74) is 2.69. The summed E-state index contributed by atoms with van der Waals surface area (Å²) in [6.07, 6.45) is 8.08. The van der Waals surface area contributed by atoms with Gasteiger partial charge in [0.25, 0.3) is 5.56 Å². The van der Waals surface area contributed by atoms with Gasteiger partial charge in [-0.25, -0.2) is 4.68 Å². The summed E-state index contributed by atoms with van der Waals surface area (Å²) in [5, 5.41) is 21.1. The number of nitro benzene ring substituents is 1. The molecule has 6 rings (SSSR count). The van der Waals surface area contributed by atoms with Crippen molar-refractivity contribution in [3.8, 4) is 39.8 Å². The van der Waals surface area contributed by atoms with E-state index in [1.165, 1.54) is 34.8 Å². The van der Waals surface area contributed by atoms with E-state index in [1.807, 2.05) is 54.6 Å². The Balaban J connectivity index is 1.34. The monoisotopic (exact) mass is 636 g/mol. The number of benzene rings is 3. The highest BCUT2D eigenvalue weighted by Crippen LogP contribution is 2.34. The molecule has 0 saturated heterocycles. The second-order valence-electron chi connectivity index (χ2n) is 10.6. The highest BCUT2D eigenvalue weighted by Gasteiger charge is 2.20. The van der Waals surface area contributed by atoms with E-state index in [2.05, 4.69) is 17.0 Å². The molecule has 234 valence electrons. The number of hydrogen-bond donors (Lipinski definition) is 0. The molecule has 0 radical (unpaired) electrons. The zero-order valence-electron chi connectivity index (χ0n) is 25.5. The van der Waals surface area contributed by atoms with Gasteiger partial charge in [0.05, 0.1) is 28.4 Å². The van der Waals surface area contributed by atoms with Gasteiger partial charge in [-0.2, -0.15) is 14.6 Å². The first-order valence-corrected chi connectivity index (χ1v) is 16.0. The highest BCUT2D eigenvalue weighted by molar-refractivity contribution is 7.15. The van der Waals surface area contributed by atoms with Gasteiger partial charge in [-0.1, -0.05) is 55.7 Å². The van der Waals surface area contributed by atoms with Crippen molar-refractivity contribution in [1.82, 2.24) is 24.4 Å². The van der Waals surface area contributed by atoms with Crippen molar-refractivity contribution in [2.24, 2.45) is 0 Å². The van der Waals surface area contributed by atoms with Crippen LogP contribution in [-0.4, -0.2) is 42.5 Å². The third kappa shape index (κ3) is 6.52. The third-order valence-electron chi connectivity index (χ3n) is 7.34. The number of para-hydroxylation sites is 1. The Kier molecular flexibility index (Phi) is 9.15. The Hall–Kier alpha value is -5.36. The number of rotatable bonds is 13. The van der Waals surface area contributed by atoms with E-state index in [0.717, 1.165) is 29.8 Å². The van der Waals surface area contributed by atoms with Crippen molar-refractivity contribution >= 4 is 28.1 Å². The van der Waals surface area contributed by atoms with Gasteiger partial charge in [-0.15, -0.1) is 5.10 Å². The quantitative estimate of drug-likeness (QED) is 0.0801. The van der Waals surface area contributed by atoms with E-state index in [0.29, 0.717) is 45.4 Å². The zero-order valence-corrected chi connectivity index (χ0v) is 26.3. The maximum absolute atomic E-state index is 13.5. The fraction of sp³-hybridized carbons (Fsp3) is 0.235. The molecule has 12 heteroatoms. The molecule has 3 heterocycles. The molecule has 3 aromatic heterocycles. The van der Waals surface area contributed by atoms with Gasteiger partial charge in [0.1, 0.15) is 11.4 Å². The first-order valence-electron chi connectivity index (χ1n) is 15.2. The van der Waals surface area contributed by atoms with Crippen molar-refractivity contribution in [2.75, 3.05) is 13.2 Å². The summed E-state index contributed by atoms with van der Waals surface area (Å²) in [6, 6.07) is 21.8. The van der Waals surface area contributed by atoms with Crippen molar-refractivity contribution in [2.45, 2.75) is 39.5 Å². The number of hydrogen-bond acceptors (Lipinski definition) is 9. The van der Waals surface area contributed by atoms with E-state index in [9.17, 15) is 14.9 Å². The predicted octanol–water partition coefficient (Wildman–Crippen LogP) is 6.48. The van der Waals surface area contributed by atoms with Crippen LogP contribution in [0, 0.1) is 10.1 Å². The van der Waals surface area contributed by atoms with Crippen LogP contribution in [0.1, 0.15) is 45.1 Å². The summed E-state index contributed by atoms with van der Waals surface area (Å²) < 4.78 is 14.7. The molecule has 0 saturated carbocycles. The molecule has 0 unspecified atom stereocenters. The Morgan fingerprint density at radius 1 is 0.935 bits per heavy atom. The molecular formula is C34H32N6O5S. The molecule has 0 bridgehead atoms. The molecule has 3 aromatic carbocycles. The minimum Gasteiger partial charge on any atom is -0.494 e. The molecule has 0 fully saturated rings. The van der Waals surface area contributed by atoms with Crippen LogP contribution in [0.2, 0.25) is 0 Å². The van der Waals surface area contributed by atoms with Gasteiger partial charge >= 0.3 is 5.69 Å². The van der Waals surface area contributed by atoms with Crippen molar-refractivity contribution in [3.05, 3.63) is 110 Å². The average molecular weight is 637 g/mol. The van der Waals surface area contributed by atoms with E-state index < -0.39 is 4.92 Å². The van der Waals surface area contributed by atoms with E-state index >= 15 is 0 Å². The number of aromatic nitrogens is 5. The topological polar surface area (TPSA) is 127 Å². The van der Waals surface area contributed by atoms with Crippen LogP contribution in [0.3, 0.4) is 0 Å². The minimum absolute atomic E-state index is 0.165. The maximum atomic E-state index is 13.5. The van der Waals surface area contributed by atoms with Crippen molar-refractivity contribution in [1.29, 1.82) is 0 Å². The van der Waals surface area contributed by atoms with Crippen molar-refractivity contribution in [3.63, 3.8) is 0 Å². The van der Waals surface area contributed by atoms with Crippen LogP contribution < -0.4 is 19.6 Å². The summed E-state index contributed by atoms with van der Waals surface area (Å²) in [5.74, 6) is 1.41. The number of fused-ring (bicyclic) bond motifs is 1. The van der Waals surface area contributed by atoms with Crippen LogP contribution in [0.4, 0.5) is 5.69 Å². The second kappa shape index (κ2) is 13.7. The molecule has 0 aliphatic carbocycles. The zero-order chi connectivity index (χ0) is 32.0. The molecule has 0 aliphatic heterocycles. The normalized spacial score (nSPS) is 11.7. The first kappa shape index (κ1) is 30.7. The van der Waals surface area contributed by atoms with Crippen LogP contribution in [0.15, 0.2) is 83.8 Å². The molecular weight excluding hydrogens is 604 g/mol. The first-order chi connectivity index (χ1) is 22.4. The van der Waals surface area contributed by atoms with Crippen LogP contribution in [-0.2, 0) is 0 Å². The van der Waals surface area contributed by atoms with Crippen LogP contribution >= 0.6 is 11.3 Å². The maximum Gasteiger partial charge on any atom is 0.311 e. The number of nitro groups is 1. The summed E-state index contributed by atoms with van der Waals surface area (Å²) >= 11 is 1.21. The molecule has 0 spiro atoms. The lowest BCUT2D eigenvalue weighted by atomic mass is 10.1. The molecule has 11 nitrogen and oxygen atoms in total. The number of nitrogens with zero attached hydrogens (tertiary/aromatic N) is 6.